The van der Waals surface area contributed by atoms with Gasteiger partial charge in [-0.2, -0.15) is 0 Å². The summed E-state index contributed by atoms with van der Waals surface area (Å²) in [4.78, 5) is 14.3. The van der Waals surface area contributed by atoms with Gasteiger partial charge in [0.05, 0.1) is 13.2 Å². The zero-order valence-electron chi connectivity index (χ0n) is 33.5. The molecule has 0 aliphatic heterocycles. The van der Waals surface area contributed by atoms with Crippen molar-refractivity contribution in [2.45, 2.75) is 226 Å². The van der Waals surface area contributed by atoms with Crippen LogP contribution in [0.4, 0.5) is 0 Å². The molecule has 6 heteroatoms. The van der Waals surface area contributed by atoms with Crippen molar-refractivity contribution in [3.05, 3.63) is 0 Å². The molecule has 1 N–H and O–H groups in total. The number of aliphatic hydroxyl groups excluding tert-OH is 1. The van der Waals surface area contributed by atoms with Gasteiger partial charge in [0, 0.05) is 26.2 Å². The fourth-order valence-electron chi connectivity index (χ4n) is 6.52. The van der Waals surface area contributed by atoms with E-state index in [-0.39, 0.29) is 18.9 Å². The first kappa shape index (κ1) is 48.3. The molecule has 49 heavy (non-hydrogen) atoms. The molecule has 0 aliphatic carbocycles. The van der Waals surface area contributed by atoms with Crippen molar-refractivity contribution in [1.82, 2.24) is 4.90 Å². The number of hydrogen-bond donors (Lipinski definition) is 1. The maximum absolute atomic E-state index is 11.9. The van der Waals surface area contributed by atoms with E-state index in [0.29, 0.717) is 13.0 Å². The molecule has 294 valence electrons. The number of unbranched alkanes of at least 4 members (excludes halogenated alkanes) is 24. The van der Waals surface area contributed by atoms with Gasteiger partial charge >= 0.3 is 5.97 Å². The van der Waals surface area contributed by atoms with Gasteiger partial charge in [-0.1, -0.05) is 162 Å². The summed E-state index contributed by atoms with van der Waals surface area (Å²) < 4.78 is 17.8. The summed E-state index contributed by atoms with van der Waals surface area (Å²) in [6.45, 7) is 12.3. The first-order valence-electron chi connectivity index (χ1n) is 21.9. The largest absolute Gasteiger partial charge is 0.466 e. The molecule has 0 bridgehead atoms. The topological polar surface area (TPSA) is 68.2 Å². The summed E-state index contributed by atoms with van der Waals surface area (Å²) in [6, 6.07) is 0. The van der Waals surface area contributed by atoms with Crippen LogP contribution in [0, 0.1) is 0 Å². The highest BCUT2D eigenvalue weighted by atomic mass is 16.7. The molecule has 0 spiro atoms. The lowest BCUT2D eigenvalue weighted by Gasteiger charge is -2.21. The number of rotatable bonds is 42. The monoisotopic (exact) mass is 698 g/mol. The summed E-state index contributed by atoms with van der Waals surface area (Å²) in [5.41, 5.74) is 0. The van der Waals surface area contributed by atoms with E-state index in [4.69, 9.17) is 14.2 Å². The van der Waals surface area contributed by atoms with Crippen molar-refractivity contribution in [2.24, 2.45) is 0 Å². The average Bonchev–Trinajstić information content (AvgIpc) is 3.10. The van der Waals surface area contributed by atoms with Gasteiger partial charge in [0.25, 0.3) is 0 Å². The van der Waals surface area contributed by atoms with Crippen LogP contribution in [0.3, 0.4) is 0 Å². The standard InChI is InChI=1S/C43H87NO5/c1-4-7-10-13-24-31-40-48-43(49-41-32-25-14-11-8-5-2)34-27-20-18-22-29-36-44(37-38-45)35-28-21-17-15-16-19-26-33-42(46)47-39-30-23-12-9-6-3/h43,45H,4-41H2,1-3H3. The van der Waals surface area contributed by atoms with Gasteiger partial charge in [-0.15, -0.1) is 0 Å². The van der Waals surface area contributed by atoms with Crippen LogP contribution in [-0.4, -0.2) is 68.3 Å². The van der Waals surface area contributed by atoms with Crippen LogP contribution in [0.25, 0.3) is 0 Å². The van der Waals surface area contributed by atoms with Gasteiger partial charge in [-0.05, 0) is 64.5 Å². The Morgan fingerprint density at radius 2 is 0.857 bits per heavy atom. The van der Waals surface area contributed by atoms with Crippen molar-refractivity contribution >= 4 is 5.97 Å². The Bertz CT molecular complexity index is 615. The highest BCUT2D eigenvalue weighted by molar-refractivity contribution is 5.69. The smallest absolute Gasteiger partial charge is 0.305 e. The van der Waals surface area contributed by atoms with Crippen LogP contribution >= 0.6 is 0 Å². The SMILES string of the molecule is CCCCCCCCOC(CCCCCCCN(CCO)CCCCCCCCCC(=O)OCCCCCCC)OCCCCCCCC. The van der Waals surface area contributed by atoms with Crippen LogP contribution in [-0.2, 0) is 19.0 Å². The van der Waals surface area contributed by atoms with Crippen molar-refractivity contribution in [1.29, 1.82) is 0 Å². The number of carbonyl (C=O) groups excluding carboxylic acids is 1. The molecule has 0 unspecified atom stereocenters. The Kier molecular flexibility index (Phi) is 41.1. The third kappa shape index (κ3) is 38.4. The Hall–Kier alpha value is -0.690. The van der Waals surface area contributed by atoms with E-state index in [1.54, 1.807) is 0 Å². The lowest BCUT2D eigenvalue weighted by molar-refractivity contribution is -0.148. The summed E-state index contributed by atoms with van der Waals surface area (Å²) in [7, 11) is 0. The van der Waals surface area contributed by atoms with Gasteiger partial charge in [-0.25, -0.2) is 0 Å². The number of esters is 1. The predicted octanol–water partition coefficient (Wildman–Crippen LogP) is 12.3. The fraction of sp³-hybridized carbons (Fsp3) is 0.977. The van der Waals surface area contributed by atoms with Gasteiger partial charge in [0.15, 0.2) is 6.29 Å². The van der Waals surface area contributed by atoms with E-state index in [2.05, 4.69) is 25.7 Å². The highest BCUT2D eigenvalue weighted by Crippen LogP contribution is 2.15. The van der Waals surface area contributed by atoms with E-state index in [1.807, 2.05) is 0 Å². The lowest BCUT2D eigenvalue weighted by atomic mass is 10.1. The molecule has 0 aromatic carbocycles. The zero-order valence-corrected chi connectivity index (χ0v) is 33.5. The molecule has 0 fully saturated rings. The van der Waals surface area contributed by atoms with E-state index >= 15 is 0 Å². The summed E-state index contributed by atoms with van der Waals surface area (Å²) >= 11 is 0. The van der Waals surface area contributed by atoms with Crippen LogP contribution in [0.5, 0.6) is 0 Å². The predicted molar refractivity (Wildman–Crippen MR) is 210 cm³/mol. The molecule has 0 radical (unpaired) electrons. The molecule has 0 aliphatic rings. The van der Waals surface area contributed by atoms with Gasteiger partial charge in [0.2, 0.25) is 0 Å². The Morgan fingerprint density at radius 3 is 1.33 bits per heavy atom. The zero-order chi connectivity index (χ0) is 35.7. The Balaban J connectivity index is 3.92. The first-order valence-corrected chi connectivity index (χ1v) is 21.9. The average molecular weight is 698 g/mol. The minimum atomic E-state index is -0.0233. The second-order valence-electron chi connectivity index (χ2n) is 14.7. The number of ether oxygens (including phenoxy) is 3. The van der Waals surface area contributed by atoms with Crippen LogP contribution in [0.2, 0.25) is 0 Å². The quantitative estimate of drug-likeness (QED) is 0.0389. The summed E-state index contributed by atoms with van der Waals surface area (Å²) in [6.07, 6.45) is 37.5. The molecule has 6 nitrogen and oxygen atoms in total. The highest BCUT2D eigenvalue weighted by Gasteiger charge is 2.10. The molecule has 0 saturated heterocycles. The molecule has 0 aromatic heterocycles. The first-order chi connectivity index (χ1) is 24.2. The lowest BCUT2D eigenvalue weighted by Crippen LogP contribution is -2.29. The number of carbonyl (C=O) groups is 1. The third-order valence-corrected chi connectivity index (χ3v) is 9.80. The minimum absolute atomic E-state index is 0.0135. The number of nitrogens with zero attached hydrogens (tertiary/aromatic N) is 1. The molecule has 0 aromatic rings. The third-order valence-electron chi connectivity index (χ3n) is 9.80. The normalized spacial score (nSPS) is 11.7. The molecule has 0 heterocycles. The fourth-order valence-corrected chi connectivity index (χ4v) is 6.52. The Morgan fingerprint density at radius 1 is 0.469 bits per heavy atom. The molecular weight excluding hydrogens is 610 g/mol. The van der Waals surface area contributed by atoms with E-state index in [0.717, 1.165) is 71.4 Å². The van der Waals surface area contributed by atoms with Crippen molar-refractivity contribution in [2.75, 3.05) is 46.1 Å². The Labute approximate surface area is 306 Å². The maximum Gasteiger partial charge on any atom is 0.305 e. The number of hydrogen-bond acceptors (Lipinski definition) is 6. The van der Waals surface area contributed by atoms with E-state index < -0.39 is 0 Å². The molecule has 0 saturated carbocycles. The van der Waals surface area contributed by atoms with E-state index in [1.165, 1.54) is 154 Å². The van der Waals surface area contributed by atoms with Crippen LogP contribution < -0.4 is 0 Å². The van der Waals surface area contributed by atoms with Gasteiger partial charge in [-0.3, -0.25) is 4.79 Å². The molecular formula is C43H87NO5. The second kappa shape index (κ2) is 41.7. The minimum Gasteiger partial charge on any atom is -0.466 e. The van der Waals surface area contributed by atoms with E-state index in [9.17, 15) is 9.90 Å². The van der Waals surface area contributed by atoms with Crippen molar-refractivity contribution < 1.29 is 24.1 Å². The van der Waals surface area contributed by atoms with Gasteiger partial charge in [0.1, 0.15) is 0 Å². The summed E-state index contributed by atoms with van der Waals surface area (Å²) in [5.74, 6) is -0.0135. The molecule has 0 amide bonds. The number of aliphatic hydroxyl groups is 1. The second-order valence-corrected chi connectivity index (χ2v) is 14.7. The molecule has 0 rings (SSSR count). The summed E-state index contributed by atoms with van der Waals surface area (Å²) in [5, 5.41) is 9.57. The maximum atomic E-state index is 11.9. The van der Waals surface area contributed by atoms with Crippen LogP contribution in [0.15, 0.2) is 0 Å². The van der Waals surface area contributed by atoms with Crippen molar-refractivity contribution in [3.8, 4) is 0 Å². The molecule has 0 atom stereocenters. The van der Waals surface area contributed by atoms with Crippen molar-refractivity contribution in [3.63, 3.8) is 0 Å². The van der Waals surface area contributed by atoms with Crippen LogP contribution in [0.1, 0.15) is 220 Å². The van der Waals surface area contributed by atoms with Gasteiger partial charge < -0.3 is 24.2 Å².